The molecule has 1 aromatic heterocycles. The molecule has 0 aliphatic heterocycles. The molecule has 3 heteroatoms. The number of aromatic nitrogens is 2. The summed E-state index contributed by atoms with van der Waals surface area (Å²) in [6, 6.07) is 16.8. The molecule has 3 aromatic rings. The van der Waals surface area contributed by atoms with Crippen LogP contribution in [0, 0.1) is 0 Å². The van der Waals surface area contributed by atoms with Crippen molar-refractivity contribution in [2.24, 2.45) is 0 Å². The van der Waals surface area contributed by atoms with Crippen LogP contribution in [0.15, 0.2) is 48.5 Å². The Morgan fingerprint density at radius 3 is 2.40 bits per heavy atom. The van der Waals surface area contributed by atoms with Crippen molar-refractivity contribution in [3.63, 3.8) is 0 Å². The SMILES string of the molecule is CCc1nc2ccccc2n1CCCOc1ccc(C(C)(C)C)cc1. The van der Waals surface area contributed by atoms with E-state index in [1.165, 1.54) is 11.1 Å². The maximum atomic E-state index is 5.92. The van der Waals surface area contributed by atoms with Gasteiger partial charge in [-0.25, -0.2) is 4.98 Å². The van der Waals surface area contributed by atoms with Crippen LogP contribution in [0.3, 0.4) is 0 Å². The molecule has 0 atom stereocenters. The zero-order valence-electron chi connectivity index (χ0n) is 15.7. The van der Waals surface area contributed by atoms with E-state index in [4.69, 9.17) is 9.72 Å². The molecule has 0 saturated carbocycles. The predicted octanol–water partition coefficient (Wildman–Crippen LogP) is 5.37. The molecule has 0 fully saturated rings. The van der Waals surface area contributed by atoms with Gasteiger partial charge in [0.25, 0.3) is 0 Å². The van der Waals surface area contributed by atoms with Crippen molar-refractivity contribution < 1.29 is 4.74 Å². The second kappa shape index (κ2) is 7.30. The predicted molar refractivity (Wildman–Crippen MR) is 104 cm³/mol. The molecule has 0 unspecified atom stereocenters. The molecule has 0 bridgehead atoms. The molecular formula is C22H28N2O. The van der Waals surface area contributed by atoms with Gasteiger partial charge in [-0.15, -0.1) is 0 Å². The molecule has 0 aliphatic carbocycles. The Bertz CT molecular complexity index is 825. The summed E-state index contributed by atoms with van der Waals surface area (Å²) in [4.78, 5) is 4.72. The average Bonchev–Trinajstić information content (AvgIpc) is 2.96. The normalized spacial score (nSPS) is 11.8. The van der Waals surface area contributed by atoms with Gasteiger partial charge in [0.1, 0.15) is 11.6 Å². The number of fused-ring (bicyclic) bond motifs is 1. The number of ether oxygens (including phenoxy) is 1. The molecule has 3 rings (SSSR count). The van der Waals surface area contributed by atoms with Crippen molar-refractivity contribution in [1.82, 2.24) is 9.55 Å². The second-order valence-electron chi connectivity index (χ2n) is 7.50. The molecule has 25 heavy (non-hydrogen) atoms. The lowest BCUT2D eigenvalue weighted by Crippen LogP contribution is -2.11. The third-order valence-corrected chi connectivity index (χ3v) is 4.56. The lowest BCUT2D eigenvalue weighted by Gasteiger charge is -2.19. The first kappa shape index (κ1) is 17.5. The van der Waals surface area contributed by atoms with Crippen LogP contribution in [0.25, 0.3) is 11.0 Å². The summed E-state index contributed by atoms with van der Waals surface area (Å²) in [5, 5.41) is 0. The maximum Gasteiger partial charge on any atom is 0.119 e. The van der Waals surface area contributed by atoms with Crippen molar-refractivity contribution in [3.8, 4) is 5.75 Å². The molecule has 132 valence electrons. The smallest absolute Gasteiger partial charge is 0.119 e. The van der Waals surface area contributed by atoms with E-state index < -0.39 is 0 Å². The molecule has 0 radical (unpaired) electrons. The van der Waals surface area contributed by atoms with Crippen molar-refractivity contribution in [2.75, 3.05) is 6.61 Å². The van der Waals surface area contributed by atoms with Crippen molar-refractivity contribution in [3.05, 3.63) is 59.9 Å². The quantitative estimate of drug-likeness (QED) is 0.566. The van der Waals surface area contributed by atoms with Gasteiger partial charge >= 0.3 is 0 Å². The highest BCUT2D eigenvalue weighted by Gasteiger charge is 2.13. The highest BCUT2D eigenvalue weighted by molar-refractivity contribution is 5.75. The summed E-state index contributed by atoms with van der Waals surface area (Å²) in [7, 11) is 0. The fraction of sp³-hybridized carbons (Fsp3) is 0.409. The number of hydrogen-bond acceptors (Lipinski definition) is 2. The van der Waals surface area contributed by atoms with Gasteiger partial charge in [-0.2, -0.15) is 0 Å². The first-order valence-corrected chi connectivity index (χ1v) is 9.16. The van der Waals surface area contributed by atoms with E-state index in [0.717, 1.165) is 36.5 Å². The minimum absolute atomic E-state index is 0.178. The first-order valence-electron chi connectivity index (χ1n) is 9.16. The maximum absolute atomic E-state index is 5.92. The summed E-state index contributed by atoms with van der Waals surface area (Å²) in [6.45, 7) is 10.5. The van der Waals surface area contributed by atoms with E-state index >= 15 is 0 Å². The van der Waals surface area contributed by atoms with Gasteiger partial charge in [0.05, 0.1) is 17.6 Å². The van der Waals surface area contributed by atoms with Gasteiger partial charge in [0, 0.05) is 13.0 Å². The number of rotatable bonds is 6. The number of hydrogen-bond donors (Lipinski definition) is 0. The number of aryl methyl sites for hydroxylation is 2. The molecule has 0 amide bonds. The molecule has 3 nitrogen and oxygen atoms in total. The Morgan fingerprint density at radius 2 is 1.72 bits per heavy atom. The molecular weight excluding hydrogens is 308 g/mol. The zero-order chi connectivity index (χ0) is 17.9. The first-order chi connectivity index (χ1) is 12.0. The Kier molecular flexibility index (Phi) is 5.12. The lowest BCUT2D eigenvalue weighted by atomic mass is 9.87. The van der Waals surface area contributed by atoms with E-state index in [-0.39, 0.29) is 5.41 Å². The molecule has 0 spiro atoms. The van der Waals surface area contributed by atoms with Crippen LogP contribution < -0.4 is 4.74 Å². The van der Waals surface area contributed by atoms with E-state index in [9.17, 15) is 0 Å². The summed E-state index contributed by atoms with van der Waals surface area (Å²) < 4.78 is 8.24. The Balaban J connectivity index is 1.59. The minimum Gasteiger partial charge on any atom is -0.494 e. The Morgan fingerprint density at radius 1 is 1.00 bits per heavy atom. The average molecular weight is 336 g/mol. The minimum atomic E-state index is 0.178. The molecule has 1 heterocycles. The zero-order valence-corrected chi connectivity index (χ0v) is 15.7. The summed E-state index contributed by atoms with van der Waals surface area (Å²) in [6.07, 6.45) is 1.91. The van der Waals surface area contributed by atoms with Gasteiger partial charge in [-0.1, -0.05) is 52.0 Å². The second-order valence-corrected chi connectivity index (χ2v) is 7.50. The van der Waals surface area contributed by atoms with Gasteiger partial charge in [0.15, 0.2) is 0 Å². The Labute approximate surface area is 150 Å². The van der Waals surface area contributed by atoms with Gasteiger partial charge in [-0.05, 0) is 41.7 Å². The number of imidazole rings is 1. The fourth-order valence-corrected chi connectivity index (χ4v) is 3.11. The third kappa shape index (κ3) is 4.04. The highest BCUT2D eigenvalue weighted by atomic mass is 16.5. The number of nitrogens with zero attached hydrogens (tertiary/aromatic N) is 2. The number of benzene rings is 2. The molecule has 2 aromatic carbocycles. The van der Waals surface area contributed by atoms with Crippen LogP contribution in [0.5, 0.6) is 5.75 Å². The third-order valence-electron chi connectivity index (χ3n) is 4.56. The van der Waals surface area contributed by atoms with Crippen LogP contribution >= 0.6 is 0 Å². The molecule has 0 aliphatic rings. The van der Waals surface area contributed by atoms with Crippen molar-refractivity contribution in [1.29, 1.82) is 0 Å². The van der Waals surface area contributed by atoms with Crippen molar-refractivity contribution >= 4 is 11.0 Å². The van der Waals surface area contributed by atoms with E-state index in [1.54, 1.807) is 0 Å². The molecule has 0 N–H and O–H groups in total. The summed E-state index contributed by atoms with van der Waals surface area (Å²) in [5.41, 5.74) is 3.81. The van der Waals surface area contributed by atoms with Crippen LogP contribution in [0.2, 0.25) is 0 Å². The van der Waals surface area contributed by atoms with Crippen LogP contribution in [-0.4, -0.2) is 16.2 Å². The van der Waals surface area contributed by atoms with Crippen LogP contribution in [0.1, 0.15) is 45.5 Å². The monoisotopic (exact) mass is 336 g/mol. The van der Waals surface area contributed by atoms with E-state index in [1.807, 2.05) is 6.07 Å². The molecule has 0 saturated heterocycles. The van der Waals surface area contributed by atoms with Crippen molar-refractivity contribution in [2.45, 2.75) is 52.5 Å². The summed E-state index contributed by atoms with van der Waals surface area (Å²) >= 11 is 0. The van der Waals surface area contributed by atoms with E-state index in [2.05, 4.69) is 74.7 Å². The largest absolute Gasteiger partial charge is 0.494 e. The van der Waals surface area contributed by atoms with E-state index in [0.29, 0.717) is 6.61 Å². The summed E-state index contributed by atoms with van der Waals surface area (Å²) in [5.74, 6) is 2.09. The van der Waals surface area contributed by atoms with Gasteiger partial charge in [0.2, 0.25) is 0 Å². The van der Waals surface area contributed by atoms with Crippen LogP contribution in [-0.2, 0) is 18.4 Å². The topological polar surface area (TPSA) is 27.1 Å². The number of para-hydroxylation sites is 2. The van der Waals surface area contributed by atoms with Gasteiger partial charge < -0.3 is 9.30 Å². The Hall–Kier alpha value is -2.29. The fourth-order valence-electron chi connectivity index (χ4n) is 3.11. The standard InChI is InChI=1S/C22H28N2O/c1-5-21-23-19-9-6-7-10-20(19)24(21)15-8-16-25-18-13-11-17(12-14-18)22(2,3)4/h6-7,9-14H,5,8,15-16H2,1-4H3. The van der Waals surface area contributed by atoms with Crippen LogP contribution in [0.4, 0.5) is 0 Å². The highest BCUT2D eigenvalue weighted by Crippen LogP contribution is 2.24. The lowest BCUT2D eigenvalue weighted by molar-refractivity contribution is 0.301. The van der Waals surface area contributed by atoms with Gasteiger partial charge in [-0.3, -0.25) is 0 Å².